The van der Waals surface area contributed by atoms with Crippen LogP contribution in [0.25, 0.3) is 17.4 Å². The second kappa shape index (κ2) is 10.2. The fraction of sp³-hybridized carbons (Fsp3) is 0.364. The van der Waals surface area contributed by atoms with E-state index in [1.165, 1.54) is 23.9 Å². The number of non-ortho nitro benzene ring substituents is 1. The Hall–Kier alpha value is -2.87. The lowest BCUT2D eigenvalue weighted by Gasteiger charge is -2.14. The van der Waals surface area contributed by atoms with Crippen molar-refractivity contribution < 1.29 is 14.1 Å². The van der Waals surface area contributed by atoms with Gasteiger partial charge in [-0.25, -0.2) is 0 Å². The molecule has 0 saturated carbocycles. The number of thioether (sulfide) groups is 1. The second-order valence-electron chi connectivity index (χ2n) is 6.94. The van der Waals surface area contributed by atoms with Gasteiger partial charge >= 0.3 is 0 Å². The number of nitrogens with zero attached hydrogens (tertiary/aromatic N) is 3. The molecule has 0 atom stereocenters. The summed E-state index contributed by atoms with van der Waals surface area (Å²) in [4.78, 5) is 30.2. The summed E-state index contributed by atoms with van der Waals surface area (Å²) in [5.74, 6) is 1.10. The minimum atomic E-state index is -0.436. The number of aliphatic imine (C=N–C) groups is 1. The van der Waals surface area contributed by atoms with Gasteiger partial charge in [-0.05, 0) is 48.9 Å². The monoisotopic (exact) mass is 427 g/mol. The second-order valence-corrected chi connectivity index (χ2v) is 7.95. The summed E-state index contributed by atoms with van der Waals surface area (Å²) in [6, 6.07) is 9.76. The molecule has 7 nitrogen and oxygen atoms in total. The first kappa shape index (κ1) is 21.8. The first-order valence-electron chi connectivity index (χ1n) is 10.1. The topological polar surface area (TPSA) is 89.0 Å². The van der Waals surface area contributed by atoms with Crippen molar-refractivity contribution >= 4 is 34.6 Å². The molecule has 3 rings (SSSR count). The van der Waals surface area contributed by atoms with E-state index in [1.54, 1.807) is 35.2 Å². The van der Waals surface area contributed by atoms with Crippen molar-refractivity contribution in [3.8, 4) is 11.3 Å². The van der Waals surface area contributed by atoms with Gasteiger partial charge < -0.3 is 4.42 Å². The van der Waals surface area contributed by atoms with E-state index in [0.29, 0.717) is 29.5 Å². The lowest BCUT2D eigenvalue weighted by Crippen LogP contribution is -2.30. The molecule has 158 valence electrons. The molecule has 1 aliphatic rings. The van der Waals surface area contributed by atoms with E-state index in [4.69, 9.17) is 4.42 Å². The van der Waals surface area contributed by atoms with Crippen LogP contribution in [0.1, 0.15) is 45.3 Å². The fourth-order valence-electron chi connectivity index (χ4n) is 2.93. The van der Waals surface area contributed by atoms with Crippen LogP contribution < -0.4 is 0 Å². The third-order valence-corrected chi connectivity index (χ3v) is 5.69. The van der Waals surface area contributed by atoms with Crippen LogP contribution in [0.2, 0.25) is 0 Å². The van der Waals surface area contributed by atoms with Crippen molar-refractivity contribution in [2.75, 3.05) is 13.1 Å². The van der Waals surface area contributed by atoms with Crippen LogP contribution in [0.5, 0.6) is 0 Å². The highest BCUT2D eigenvalue weighted by Gasteiger charge is 2.32. The molecule has 0 bridgehead atoms. The summed E-state index contributed by atoms with van der Waals surface area (Å²) in [7, 11) is 0. The van der Waals surface area contributed by atoms with E-state index in [0.717, 1.165) is 36.4 Å². The maximum atomic E-state index is 12.9. The highest BCUT2D eigenvalue weighted by Crippen LogP contribution is 2.34. The van der Waals surface area contributed by atoms with E-state index in [-0.39, 0.29) is 11.6 Å². The van der Waals surface area contributed by atoms with Gasteiger partial charge in [-0.2, -0.15) is 0 Å². The molecule has 30 heavy (non-hydrogen) atoms. The molecule has 2 heterocycles. The Labute approximate surface area is 180 Å². The van der Waals surface area contributed by atoms with E-state index in [9.17, 15) is 14.9 Å². The zero-order valence-corrected chi connectivity index (χ0v) is 18.0. The van der Waals surface area contributed by atoms with Crippen LogP contribution in [-0.4, -0.2) is 34.0 Å². The highest BCUT2D eigenvalue weighted by molar-refractivity contribution is 8.18. The summed E-state index contributed by atoms with van der Waals surface area (Å²) in [6.07, 6.45) is 5.73. The third kappa shape index (κ3) is 5.18. The molecule has 0 aliphatic carbocycles. The number of amidine groups is 1. The Bertz CT molecular complexity index is 963. The van der Waals surface area contributed by atoms with Crippen LogP contribution in [0, 0.1) is 10.1 Å². The number of rotatable bonds is 9. The van der Waals surface area contributed by atoms with Crippen molar-refractivity contribution in [2.45, 2.75) is 39.5 Å². The Morgan fingerprint density at radius 3 is 2.53 bits per heavy atom. The molecule has 8 heteroatoms. The average molecular weight is 428 g/mol. The smallest absolute Gasteiger partial charge is 0.269 e. The molecular weight excluding hydrogens is 402 g/mol. The number of hydrogen-bond acceptors (Lipinski definition) is 6. The van der Waals surface area contributed by atoms with Crippen LogP contribution in [0.4, 0.5) is 5.69 Å². The van der Waals surface area contributed by atoms with E-state index >= 15 is 0 Å². The summed E-state index contributed by atoms with van der Waals surface area (Å²) in [5.41, 5.74) is 0.768. The van der Waals surface area contributed by atoms with Gasteiger partial charge in [0.05, 0.1) is 9.83 Å². The predicted octanol–water partition coefficient (Wildman–Crippen LogP) is 5.73. The van der Waals surface area contributed by atoms with Gasteiger partial charge in [0.2, 0.25) is 0 Å². The molecule has 1 saturated heterocycles. The average Bonchev–Trinajstić information content (AvgIpc) is 3.32. The molecule has 1 amide bonds. The largest absolute Gasteiger partial charge is 0.457 e. The van der Waals surface area contributed by atoms with E-state index < -0.39 is 4.92 Å². The highest BCUT2D eigenvalue weighted by atomic mass is 32.2. The molecule has 1 fully saturated rings. The van der Waals surface area contributed by atoms with Gasteiger partial charge in [0.15, 0.2) is 5.17 Å². The lowest BCUT2D eigenvalue weighted by molar-refractivity contribution is -0.384. The number of nitro groups is 1. The summed E-state index contributed by atoms with van der Waals surface area (Å²) in [6.45, 7) is 5.59. The van der Waals surface area contributed by atoms with Crippen molar-refractivity contribution in [2.24, 2.45) is 4.99 Å². The van der Waals surface area contributed by atoms with Gasteiger partial charge in [-0.15, -0.1) is 0 Å². The van der Waals surface area contributed by atoms with Gasteiger partial charge in [0.1, 0.15) is 11.5 Å². The number of furan rings is 1. The number of benzene rings is 1. The Kier molecular flexibility index (Phi) is 7.46. The van der Waals surface area contributed by atoms with Crippen LogP contribution >= 0.6 is 11.8 Å². The normalized spacial score (nSPS) is 16.7. The molecular formula is C22H25N3O4S. The molecule has 1 aromatic carbocycles. The van der Waals surface area contributed by atoms with Gasteiger partial charge in [-0.3, -0.25) is 24.8 Å². The number of carbonyl (C=O) groups excluding carboxylic acids is 1. The molecule has 0 spiro atoms. The zero-order valence-electron chi connectivity index (χ0n) is 17.2. The first-order chi connectivity index (χ1) is 14.5. The van der Waals surface area contributed by atoms with Crippen molar-refractivity contribution in [1.29, 1.82) is 0 Å². The summed E-state index contributed by atoms with van der Waals surface area (Å²) < 4.78 is 5.86. The van der Waals surface area contributed by atoms with Crippen molar-refractivity contribution in [3.05, 3.63) is 57.2 Å². The Balaban J connectivity index is 1.79. The maximum Gasteiger partial charge on any atom is 0.269 e. The molecule has 0 unspecified atom stereocenters. The van der Waals surface area contributed by atoms with Gasteiger partial charge in [0.25, 0.3) is 11.6 Å². The van der Waals surface area contributed by atoms with Gasteiger partial charge in [-0.1, -0.05) is 26.7 Å². The Morgan fingerprint density at radius 1 is 1.13 bits per heavy atom. The fourth-order valence-corrected chi connectivity index (χ4v) is 3.94. The van der Waals surface area contributed by atoms with Crippen molar-refractivity contribution in [3.63, 3.8) is 0 Å². The first-order valence-corrected chi connectivity index (χ1v) is 11.0. The quantitative estimate of drug-likeness (QED) is 0.221. The molecule has 1 aromatic heterocycles. The maximum absolute atomic E-state index is 12.9. The zero-order chi connectivity index (χ0) is 21.5. The molecule has 2 aromatic rings. The minimum absolute atomic E-state index is 0.0302. The van der Waals surface area contributed by atoms with Crippen LogP contribution in [0.3, 0.4) is 0 Å². The standard InChI is InChI=1S/C22H25N3O4S/c1-3-5-13-23-22-24(14-6-4-2)21(26)20(30-22)15-18-11-12-19(29-18)16-7-9-17(10-8-16)25(27)28/h7-12,15H,3-6,13-14H2,1-2H3. The number of hydrogen-bond donors (Lipinski definition) is 0. The number of amides is 1. The number of nitro benzene ring substituents is 1. The number of carbonyl (C=O) groups is 1. The van der Waals surface area contributed by atoms with Crippen molar-refractivity contribution in [1.82, 2.24) is 4.90 Å². The van der Waals surface area contributed by atoms with E-state index in [2.05, 4.69) is 18.8 Å². The van der Waals surface area contributed by atoms with E-state index in [1.807, 2.05) is 0 Å². The molecule has 0 radical (unpaired) electrons. The summed E-state index contributed by atoms with van der Waals surface area (Å²) >= 11 is 1.39. The third-order valence-electron chi connectivity index (χ3n) is 4.64. The van der Waals surface area contributed by atoms with Gasteiger partial charge in [0, 0.05) is 36.9 Å². The molecule has 1 aliphatic heterocycles. The van der Waals surface area contributed by atoms with Crippen LogP contribution in [0.15, 0.2) is 50.7 Å². The van der Waals surface area contributed by atoms with Crippen LogP contribution in [-0.2, 0) is 4.79 Å². The predicted molar refractivity (Wildman–Crippen MR) is 120 cm³/mol. The lowest BCUT2D eigenvalue weighted by atomic mass is 10.1. The SMILES string of the molecule is CCCCN=C1SC(=Cc2ccc(-c3ccc([N+](=O)[O-])cc3)o2)C(=O)N1CCCC. The summed E-state index contributed by atoms with van der Waals surface area (Å²) in [5, 5.41) is 11.6. The minimum Gasteiger partial charge on any atom is -0.457 e. The Morgan fingerprint density at radius 2 is 1.87 bits per heavy atom. The number of unbranched alkanes of at least 4 members (excludes halogenated alkanes) is 2. The molecule has 0 N–H and O–H groups in total.